The van der Waals surface area contributed by atoms with Crippen LogP contribution in [0.25, 0.3) is 0 Å². The second-order valence-corrected chi connectivity index (χ2v) is 4.05. The molecule has 0 aliphatic carbocycles. The molecule has 0 aliphatic heterocycles. The molecule has 0 atom stereocenters. The number of anilines is 1. The van der Waals surface area contributed by atoms with Crippen LogP contribution in [0.2, 0.25) is 0 Å². The largest absolute Gasteiger partial charge is 0.507 e. The van der Waals surface area contributed by atoms with Crippen LogP contribution in [0.4, 0.5) is 5.82 Å². The number of ether oxygens (including phenoxy) is 3. The predicted octanol–water partition coefficient (Wildman–Crippen LogP) is 1.65. The van der Waals surface area contributed by atoms with Crippen molar-refractivity contribution in [3.63, 3.8) is 0 Å². The van der Waals surface area contributed by atoms with E-state index in [4.69, 9.17) is 14.2 Å². The highest BCUT2D eigenvalue weighted by Gasteiger charge is 2.10. The molecule has 0 bridgehead atoms. The molecule has 2 N–H and O–H groups in total. The predicted molar refractivity (Wildman–Crippen MR) is 81.0 cm³/mol. The molecule has 0 aliphatic rings. The van der Waals surface area contributed by atoms with Gasteiger partial charge in [0, 0.05) is 24.5 Å². The number of hydrazone groups is 1. The molecule has 0 fully saturated rings. The van der Waals surface area contributed by atoms with Gasteiger partial charge in [-0.05, 0) is 0 Å². The van der Waals surface area contributed by atoms with Crippen molar-refractivity contribution in [2.45, 2.75) is 0 Å². The first kappa shape index (κ1) is 15.4. The highest BCUT2D eigenvalue weighted by Crippen LogP contribution is 2.31. The Morgan fingerprint density at radius 1 is 1.09 bits per heavy atom. The Bertz CT molecular complexity index is 676. The first-order chi connectivity index (χ1) is 10.7. The third kappa shape index (κ3) is 3.35. The molecule has 0 spiro atoms. The van der Waals surface area contributed by atoms with Gasteiger partial charge in [0.15, 0.2) is 0 Å². The van der Waals surface area contributed by atoms with E-state index in [1.54, 1.807) is 6.07 Å². The lowest BCUT2D eigenvalue weighted by Crippen LogP contribution is -2.00. The average molecular weight is 304 g/mol. The van der Waals surface area contributed by atoms with E-state index in [0.717, 1.165) is 0 Å². The van der Waals surface area contributed by atoms with Crippen LogP contribution < -0.4 is 19.6 Å². The van der Waals surface area contributed by atoms with E-state index in [2.05, 4.69) is 20.5 Å². The van der Waals surface area contributed by atoms with Crippen molar-refractivity contribution in [3.05, 3.63) is 30.1 Å². The molecule has 22 heavy (non-hydrogen) atoms. The third-order valence-electron chi connectivity index (χ3n) is 2.77. The molecule has 2 rings (SSSR count). The summed E-state index contributed by atoms with van der Waals surface area (Å²) >= 11 is 0. The smallest absolute Gasteiger partial charge is 0.258 e. The standard InChI is InChI=1S/C14H16N4O4/c1-20-9-6-11(19)10(12(7-9)21-2)8-17-18-13-14(22-3)16-5-4-15-13/h4-8,19H,1-3H3,(H,15,18)/b17-8+. The monoisotopic (exact) mass is 304 g/mol. The van der Waals surface area contributed by atoms with Gasteiger partial charge in [-0.15, -0.1) is 0 Å². The highest BCUT2D eigenvalue weighted by atomic mass is 16.5. The van der Waals surface area contributed by atoms with E-state index in [9.17, 15) is 5.11 Å². The summed E-state index contributed by atoms with van der Waals surface area (Å²) in [4.78, 5) is 8.03. The van der Waals surface area contributed by atoms with E-state index < -0.39 is 0 Å². The number of hydrogen-bond acceptors (Lipinski definition) is 8. The van der Waals surface area contributed by atoms with Crippen LogP contribution >= 0.6 is 0 Å². The Hall–Kier alpha value is -3.03. The Morgan fingerprint density at radius 3 is 2.55 bits per heavy atom. The van der Waals surface area contributed by atoms with E-state index in [1.165, 1.54) is 46.0 Å². The number of phenolic OH excluding ortho intramolecular Hbond substituents is 1. The number of benzene rings is 1. The van der Waals surface area contributed by atoms with Crippen LogP contribution in [0.15, 0.2) is 29.6 Å². The molecule has 116 valence electrons. The van der Waals surface area contributed by atoms with Gasteiger partial charge in [0.1, 0.15) is 17.2 Å². The lowest BCUT2D eigenvalue weighted by Gasteiger charge is -2.09. The zero-order valence-electron chi connectivity index (χ0n) is 12.4. The number of nitrogens with one attached hydrogen (secondary N) is 1. The summed E-state index contributed by atoms with van der Waals surface area (Å²) in [5, 5.41) is 14.0. The van der Waals surface area contributed by atoms with Crippen molar-refractivity contribution in [3.8, 4) is 23.1 Å². The minimum Gasteiger partial charge on any atom is -0.507 e. The van der Waals surface area contributed by atoms with Crippen LogP contribution in [-0.4, -0.2) is 42.6 Å². The number of hydrogen-bond donors (Lipinski definition) is 2. The first-order valence-corrected chi connectivity index (χ1v) is 6.28. The third-order valence-corrected chi connectivity index (χ3v) is 2.77. The van der Waals surface area contributed by atoms with Gasteiger partial charge in [0.05, 0.1) is 33.1 Å². The maximum absolute atomic E-state index is 10.0. The fourth-order valence-electron chi connectivity index (χ4n) is 1.71. The maximum Gasteiger partial charge on any atom is 0.258 e. The van der Waals surface area contributed by atoms with Crippen molar-refractivity contribution in [2.75, 3.05) is 26.8 Å². The summed E-state index contributed by atoms with van der Waals surface area (Å²) in [5.41, 5.74) is 3.09. The normalized spacial score (nSPS) is 10.5. The molecule has 0 saturated heterocycles. The van der Waals surface area contributed by atoms with Crippen LogP contribution in [0.1, 0.15) is 5.56 Å². The van der Waals surface area contributed by atoms with Gasteiger partial charge in [-0.1, -0.05) is 0 Å². The minimum atomic E-state index is -0.0205. The van der Waals surface area contributed by atoms with Crippen molar-refractivity contribution in [1.82, 2.24) is 9.97 Å². The molecule has 8 heteroatoms. The molecule has 8 nitrogen and oxygen atoms in total. The van der Waals surface area contributed by atoms with E-state index in [-0.39, 0.29) is 5.75 Å². The first-order valence-electron chi connectivity index (χ1n) is 6.28. The van der Waals surface area contributed by atoms with E-state index in [0.29, 0.717) is 28.8 Å². The zero-order chi connectivity index (χ0) is 15.9. The van der Waals surface area contributed by atoms with Gasteiger partial charge in [-0.25, -0.2) is 9.97 Å². The van der Waals surface area contributed by atoms with E-state index >= 15 is 0 Å². The van der Waals surface area contributed by atoms with Crippen molar-refractivity contribution in [2.24, 2.45) is 5.10 Å². The van der Waals surface area contributed by atoms with Gasteiger partial charge in [-0.3, -0.25) is 5.43 Å². The molecule has 0 saturated carbocycles. The molecule has 1 aromatic carbocycles. The fraction of sp³-hybridized carbons (Fsp3) is 0.214. The van der Waals surface area contributed by atoms with Gasteiger partial charge in [0.25, 0.3) is 5.88 Å². The van der Waals surface area contributed by atoms with Crippen LogP contribution in [-0.2, 0) is 0 Å². The lowest BCUT2D eigenvalue weighted by atomic mass is 10.2. The molecule has 1 heterocycles. The summed E-state index contributed by atoms with van der Waals surface area (Å²) in [6.45, 7) is 0. The number of nitrogens with zero attached hydrogens (tertiary/aromatic N) is 3. The van der Waals surface area contributed by atoms with Gasteiger partial charge in [0.2, 0.25) is 5.82 Å². The van der Waals surface area contributed by atoms with Crippen molar-refractivity contribution in [1.29, 1.82) is 0 Å². The van der Waals surface area contributed by atoms with Crippen molar-refractivity contribution < 1.29 is 19.3 Å². The van der Waals surface area contributed by atoms with Crippen molar-refractivity contribution >= 4 is 12.0 Å². The second kappa shape index (κ2) is 7.11. The second-order valence-electron chi connectivity index (χ2n) is 4.05. The molecular weight excluding hydrogens is 288 g/mol. The number of methoxy groups -OCH3 is 3. The van der Waals surface area contributed by atoms with Gasteiger partial charge in [-0.2, -0.15) is 5.10 Å². The summed E-state index contributed by atoms with van der Waals surface area (Å²) in [6.07, 6.45) is 4.42. The Balaban J connectivity index is 2.23. The lowest BCUT2D eigenvalue weighted by molar-refractivity contribution is 0.384. The Kier molecular flexibility index (Phi) is 4.97. The average Bonchev–Trinajstić information content (AvgIpc) is 2.56. The molecule has 0 amide bonds. The SMILES string of the molecule is COc1cc(O)c(/C=N/Nc2nccnc2OC)c(OC)c1. The summed E-state index contributed by atoms with van der Waals surface area (Å²) in [6, 6.07) is 3.11. The molecule has 2 aromatic rings. The van der Waals surface area contributed by atoms with E-state index in [1.807, 2.05) is 0 Å². The maximum atomic E-state index is 10.0. The molecule has 0 radical (unpaired) electrons. The quantitative estimate of drug-likeness (QED) is 0.618. The number of rotatable bonds is 6. The number of phenols is 1. The summed E-state index contributed by atoms with van der Waals surface area (Å²) < 4.78 is 15.3. The zero-order valence-corrected chi connectivity index (χ0v) is 12.4. The fourth-order valence-corrected chi connectivity index (χ4v) is 1.71. The van der Waals surface area contributed by atoms with Gasteiger partial charge >= 0.3 is 0 Å². The highest BCUT2D eigenvalue weighted by molar-refractivity contribution is 5.88. The van der Waals surface area contributed by atoms with Crippen LogP contribution in [0.3, 0.4) is 0 Å². The molecule has 0 unspecified atom stereocenters. The van der Waals surface area contributed by atoms with Crippen LogP contribution in [0, 0.1) is 0 Å². The summed E-state index contributed by atoms with van der Waals surface area (Å²) in [5.74, 6) is 1.55. The number of aromatic hydroxyl groups is 1. The van der Waals surface area contributed by atoms with Gasteiger partial charge < -0.3 is 19.3 Å². The molecular formula is C14H16N4O4. The van der Waals surface area contributed by atoms with Crippen LogP contribution in [0.5, 0.6) is 23.1 Å². The molecule has 1 aromatic heterocycles. The minimum absolute atomic E-state index is 0.0205. The summed E-state index contributed by atoms with van der Waals surface area (Å²) in [7, 11) is 4.48. The number of aromatic nitrogens is 2. The Morgan fingerprint density at radius 2 is 1.86 bits per heavy atom. The topological polar surface area (TPSA) is 98.1 Å². The Labute approximate surface area is 127 Å².